The van der Waals surface area contributed by atoms with E-state index in [2.05, 4.69) is 364 Å². The lowest BCUT2D eigenvalue weighted by molar-refractivity contribution is 0.593. The van der Waals surface area contributed by atoms with Crippen molar-refractivity contribution in [2.75, 3.05) is 0 Å². The van der Waals surface area contributed by atoms with Crippen LogP contribution in [0.15, 0.2) is 310 Å². The minimum absolute atomic E-state index is 0.0425. The number of rotatable bonds is 6. The molecule has 7 aromatic heterocycles. The Morgan fingerprint density at radius 2 is 0.554 bits per heavy atom. The lowest BCUT2D eigenvalue weighted by Crippen LogP contribution is -2.18. The van der Waals surface area contributed by atoms with Crippen LogP contribution in [-0.2, 0) is 32.5 Å². The molecule has 0 saturated carbocycles. The van der Waals surface area contributed by atoms with Gasteiger partial charge in [0.1, 0.15) is 5.65 Å². The Balaban J connectivity index is 0.000000124. The van der Waals surface area contributed by atoms with Crippen molar-refractivity contribution in [1.82, 2.24) is 34.3 Å². The number of imidazole rings is 1. The second-order valence-electron chi connectivity index (χ2n) is 39.2. The molecule has 0 fully saturated rings. The molecule has 0 unspecified atom stereocenters. The maximum Gasteiger partial charge on any atom is 0.137 e. The zero-order chi connectivity index (χ0) is 84.4. The van der Waals surface area contributed by atoms with Crippen LogP contribution in [0.4, 0.5) is 0 Å². The average Bonchev–Trinajstić information content (AvgIpc) is 1.69. The number of nitrogens with zero attached hydrogens (tertiary/aromatic N) is 7. The molecule has 0 aliphatic carbocycles. The Labute approximate surface area is 711 Å². The van der Waals surface area contributed by atoms with E-state index in [1.165, 1.54) is 164 Å². The van der Waals surface area contributed by atoms with Gasteiger partial charge in [0.15, 0.2) is 0 Å². The highest BCUT2D eigenvalue weighted by molar-refractivity contribution is 6.20. The van der Waals surface area contributed by atoms with Gasteiger partial charge in [0.25, 0.3) is 0 Å². The molecule has 0 saturated heterocycles. The summed E-state index contributed by atoms with van der Waals surface area (Å²) >= 11 is 0. The van der Waals surface area contributed by atoms with E-state index in [1.807, 2.05) is 85.8 Å². The van der Waals surface area contributed by atoms with E-state index in [0.717, 1.165) is 49.9 Å². The highest BCUT2D eigenvalue weighted by Gasteiger charge is 2.33. The predicted octanol–water partition coefficient (Wildman–Crippen LogP) is 31.0. The third-order valence-electron chi connectivity index (χ3n) is 24.3. The first-order chi connectivity index (χ1) is 57.8. The third kappa shape index (κ3) is 14.7. The smallest absolute Gasteiger partial charge is 0.137 e. The van der Waals surface area contributed by atoms with Crippen LogP contribution in [0.25, 0.3) is 181 Å². The molecule has 20 rings (SSSR count). The first kappa shape index (κ1) is 79.0. The molecule has 7 heterocycles. The zero-order valence-corrected chi connectivity index (χ0v) is 73.1. The first-order valence-electron chi connectivity index (χ1n) is 42.7. The van der Waals surface area contributed by atoms with Crippen molar-refractivity contribution < 1.29 is 0 Å². The molecule has 596 valence electrons. The molecule has 0 spiro atoms. The Bertz CT molecular complexity index is 7420. The van der Waals surface area contributed by atoms with Crippen LogP contribution in [0.3, 0.4) is 0 Å². The van der Waals surface area contributed by atoms with Crippen molar-refractivity contribution in [3.63, 3.8) is 0 Å². The average molecular weight is 1570 g/mol. The minimum atomic E-state index is -0.0597. The van der Waals surface area contributed by atoms with Crippen molar-refractivity contribution >= 4 is 114 Å². The lowest BCUT2D eigenvalue weighted by atomic mass is 9.73. The van der Waals surface area contributed by atoms with E-state index in [4.69, 9.17) is 19.9 Å². The summed E-state index contributed by atoms with van der Waals surface area (Å²) in [6, 6.07) is 94.8. The van der Waals surface area contributed by atoms with Gasteiger partial charge in [-0.3, -0.25) is 24.9 Å². The molecular formula is C114H105N7. The van der Waals surface area contributed by atoms with Crippen LogP contribution in [0.5, 0.6) is 0 Å². The number of benzene rings is 13. The molecule has 0 amide bonds. The topological polar surface area (TPSA) is 81.8 Å². The summed E-state index contributed by atoms with van der Waals surface area (Å²) in [4.78, 5) is 28.4. The van der Waals surface area contributed by atoms with Crippen LogP contribution in [0.1, 0.15) is 158 Å². The number of hydrogen-bond acceptors (Lipinski definition) is 6. The van der Waals surface area contributed by atoms with E-state index in [9.17, 15) is 0 Å². The molecule has 0 aliphatic heterocycles. The summed E-state index contributed by atoms with van der Waals surface area (Å²) in [5.41, 5.74) is 27.3. The van der Waals surface area contributed by atoms with Crippen molar-refractivity contribution in [3.05, 3.63) is 344 Å². The molecule has 0 radical (unpaired) electrons. The number of pyridine rings is 6. The fraction of sp³-hybridized carbons (Fsp3) is 0.211. The van der Waals surface area contributed by atoms with Crippen molar-refractivity contribution in [2.24, 2.45) is 0 Å². The summed E-state index contributed by atoms with van der Waals surface area (Å²) in [6.07, 6.45) is 15.6. The number of hydrogen-bond donors (Lipinski definition) is 0. The second-order valence-corrected chi connectivity index (χ2v) is 39.2. The molecule has 0 bridgehead atoms. The van der Waals surface area contributed by atoms with Crippen molar-refractivity contribution in [2.45, 2.75) is 157 Å². The summed E-state index contributed by atoms with van der Waals surface area (Å²) in [6.45, 7) is 41.9. The normalized spacial score (nSPS) is 12.5. The van der Waals surface area contributed by atoms with Crippen molar-refractivity contribution in [3.8, 4) is 66.9 Å². The van der Waals surface area contributed by atoms with E-state index in [0.29, 0.717) is 0 Å². The van der Waals surface area contributed by atoms with Crippen LogP contribution in [-0.4, -0.2) is 34.3 Å². The zero-order valence-electron chi connectivity index (χ0n) is 73.1. The summed E-state index contributed by atoms with van der Waals surface area (Å²) in [5, 5.41) is 20.5. The van der Waals surface area contributed by atoms with Crippen molar-refractivity contribution in [1.29, 1.82) is 0 Å². The third-order valence-corrected chi connectivity index (χ3v) is 24.3. The van der Waals surface area contributed by atoms with Gasteiger partial charge in [-0.05, 0) is 237 Å². The molecule has 0 N–H and O–H groups in total. The molecule has 0 atom stereocenters. The molecule has 121 heavy (non-hydrogen) atoms. The molecule has 7 nitrogen and oxygen atoms in total. The first-order valence-corrected chi connectivity index (χ1v) is 42.7. The van der Waals surface area contributed by atoms with Crippen LogP contribution in [0, 0.1) is 0 Å². The highest BCUT2D eigenvalue weighted by atomic mass is 15.0. The van der Waals surface area contributed by atoms with E-state index >= 15 is 0 Å². The Morgan fingerprint density at radius 1 is 0.231 bits per heavy atom. The number of fused-ring (bicyclic) bond motifs is 14. The summed E-state index contributed by atoms with van der Waals surface area (Å²) in [7, 11) is 0. The fourth-order valence-electron chi connectivity index (χ4n) is 19.3. The largest absolute Gasteiger partial charge is 0.306 e. The Kier molecular flexibility index (Phi) is 19.6. The van der Waals surface area contributed by atoms with Crippen LogP contribution in [0.2, 0.25) is 0 Å². The van der Waals surface area contributed by atoms with Gasteiger partial charge in [-0.1, -0.05) is 313 Å². The Hall–Kier alpha value is -13.1. The summed E-state index contributed by atoms with van der Waals surface area (Å²) in [5.74, 6) is 0. The number of para-hydroxylation sites is 1. The Morgan fingerprint density at radius 3 is 0.934 bits per heavy atom. The minimum Gasteiger partial charge on any atom is -0.306 e. The quantitative estimate of drug-likeness (QED) is 0.122. The fourth-order valence-corrected chi connectivity index (χ4v) is 19.3. The summed E-state index contributed by atoms with van der Waals surface area (Å²) < 4.78 is 2.07. The standard InChI is InChI=1S/C40H36N2.C38H35N3.C36H34N2/c1-39(2,3)36-32-20-17-27-11-9-21-41-38(27)35(32)37(40(4,5)6)31-19-18-28(23-33(31)36)25-13-15-26(16-14-25)30-22-29-10-7-8-12-34(29)42-24-30;1-37(2,3)34-29-19-16-26-10-9-20-39-36(26)33(29)35(38(4,5)6)28-18-17-27(22-30(28)34)24-12-14-25(15-13-24)31-23-41-21-8-7-11-32(41)40-31;1-35(2,3)32-29-16-13-26-8-7-19-38-34(26)31(29)33(36(4,5)6)28-15-14-27(22-30(28)32)24-11-9-23(10-12-24)25-17-20-37-21-18-25/h7-24H,1-6H3;7-23H,1-6H3;7-22H,1-6H3. The second kappa shape index (κ2) is 30.0. The highest BCUT2D eigenvalue weighted by Crippen LogP contribution is 2.51. The number of aromatic nitrogens is 7. The monoisotopic (exact) mass is 1570 g/mol. The van der Waals surface area contributed by atoms with Gasteiger partial charge in [-0.25, -0.2) is 4.98 Å². The van der Waals surface area contributed by atoms with Gasteiger partial charge >= 0.3 is 0 Å². The van der Waals surface area contributed by atoms with E-state index in [1.54, 1.807) is 0 Å². The molecular weight excluding hydrogens is 1470 g/mol. The maximum atomic E-state index is 4.92. The molecule has 7 heteroatoms. The molecule has 13 aromatic carbocycles. The van der Waals surface area contributed by atoms with Crippen LogP contribution >= 0.6 is 0 Å². The SMILES string of the molecule is CC(C)(C)c1c2cc(-c3ccc(-c4ccncc4)cc3)ccc2c(C(C)(C)C)c2c1ccc1cccnc12.CC(C)(C)c1c2cc(-c3ccc(-c4cn5ccccc5n4)cc3)ccc2c(C(C)(C)C)c2c1ccc1cccnc12.CC(C)(C)c1c2cc(-c3ccc(-c4cnc5ccccc5c4)cc3)ccc2c(C(C)(C)C)c2c1ccc1cccnc12. The molecule has 0 aliphatic rings. The van der Waals surface area contributed by atoms with Gasteiger partial charge < -0.3 is 4.40 Å². The lowest BCUT2D eigenvalue weighted by Gasteiger charge is -2.31. The molecule has 20 aromatic rings. The van der Waals surface area contributed by atoms with Gasteiger partial charge in [-0.15, -0.1) is 0 Å². The maximum absolute atomic E-state index is 4.92. The van der Waals surface area contributed by atoms with Gasteiger partial charge in [0.05, 0.1) is 27.8 Å². The van der Waals surface area contributed by atoms with E-state index < -0.39 is 0 Å². The van der Waals surface area contributed by atoms with Gasteiger partial charge in [0, 0.05) is 98.4 Å². The van der Waals surface area contributed by atoms with Gasteiger partial charge in [-0.2, -0.15) is 0 Å². The van der Waals surface area contributed by atoms with Crippen LogP contribution < -0.4 is 0 Å². The predicted molar refractivity (Wildman–Crippen MR) is 517 cm³/mol. The van der Waals surface area contributed by atoms with E-state index in [-0.39, 0.29) is 32.5 Å². The van der Waals surface area contributed by atoms with Gasteiger partial charge in [0.2, 0.25) is 0 Å².